The summed E-state index contributed by atoms with van der Waals surface area (Å²) in [5, 5.41) is 0. The van der Waals surface area contributed by atoms with Crippen LogP contribution in [0.15, 0.2) is 40.9 Å². The van der Waals surface area contributed by atoms with E-state index in [2.05, 4.69) is 46.0 Å². The standard InChI is InChI=1S/C11H10BrN/c1-8-10(12)7-11(13-8)9-5-3-2-4-6-9/h2-7,13H,1H3. The van der Waals surface area contributed by atoms with Crippen molar-refractivity contribution in [2.45, 2.75) is 6.92 Å². The van der Waals surface area contributed by atoms with Crippen LogP contribution in [-0.4, -0.2) is 4.98 Å². The van der Waals surface area contributed by atoms with Gasteiger partial charge in [-0.2, -0.15) is 0 Å². The minimum Gasteiger partial charge on any atom is -0.358 e. The van der Waals surface area contributed by atoms with Crippen LogP contribution in [0, 0.1) is 6.92 Å². The Morgan fingerprint density at radius 2 is 1.85 bits per heavy atom. The molecular weight excluding hydrogens is 226 g/mol. The molecule has 0 aliphatic carbocycles. The summed E-state index contributed by atoms with van der Waals surface area (Å²) in [5.74, 6) is 0. The van der Waals surface area contributed by atoms with Gasteiger partial charge in [-0.05, 0) is 34.5 Å². The lowest BCUT2D eigenvalue weighted by atomic mass is 10.2. The van der Waals surface area contributed by atoms with Gasteiger partial charge in [0, 0.05) is 15.9 Å². The third kappa shape index (κ3) is 1.68. The monoisotopic (exact) mass is 235 g/mol. The number of nitrogens with one attached hydrogen (secondary N) is 1. The van der Waals surface area contributed by atoms with Gasteiger partial charge in [0.25, 0.3) is 0 Å². The largest absolute Gasteiger partial charge is 0.358 e. The first-order valence-electron chi connectivity index (χ1n) is 4.18. The van der Waals surface area contributed by atoms with E-state index in [1.165, 1.54) is 11.3 Å². The van der Waals surface area contributed by atoms with E-state index in [1.807, 2.05) is 18.2 Å². The fourth-order valence-corrected chi connectivity index (χ4v) is 1.63. The first kappa shape index (κ1) is 8.57. The smallest absolute Gasteiger partial charge is 0.0467 e. The van der Waals surface area contributed by atoms with Gasteiger partial charge >= 0.3 is 0 Å². The highest BCUT2D eigenvalue weighted by Gasteiger charge is 2.02. The van der Waals surface area contributed by atoms with Crippen molar-refractivity contribution in [2.24, 2.45) is 0 Å². The van der Waals surface area contributed by atoms with Gasteiger partial charge in [-0.25, -0.2) is 0 Å². The summed E-state index contributed by atoms with van der Waals surface area (Å²) in [6, 6.07) is 12.4. The predicted molar refractivity (Wildman–Crippen MR) is 58.7 cm³/mol. The highest BCUT2D eigenvalue weighted by atomic mass is 79.9. The number of halogens is 1. The molecule has 0 fully saturated rings. The summed E-state index contributed by atoms with van der Waals surface area (Å²) in [5.41, 5.74) is 3.54. The summed E-state index contributed by atoms with van der Waals surface area (Å²) in [7, 11) is 0. The van der Waals surface area contributed by atoms with Crippen LogP contribution in [0.25, 0.3) is 11.3 Å². The van der Waals surface area contributed by atoms with Gasteiger partial charge < -0.3 is 4.98 Å². The minimum absolute atomic E-state index is 1.13. The van der Waals surface area contributed by atoms with E-state index >= 15 is 0 Å². The van der Waals surface area contributed by atoms with Crippen molar-refractivity contribution in [3.8, 4) is 11.3 Å². The molecule has 0 unspecified atom stereocenters. The molecule has 0 saturated carbocycles. The van der Waals surface area contributed by atoms with E-state index in [1.54, 1.807) is 0 Å². The van der Waals surface area contributed by atoms with Crippen LogP contribution in [0.2, 0.25) is 0 Å². The van der Waals surface area contributed by atoms with Crippen molar-refractivity contribution >= 4 is 15.9 Å². The molecule has 1 nitrogen and oxygen atoms in total. The molecule has 0 amide bonds. The molecule has 1 aromatic carbocycles. The maximum absolute atomic E-state index is 3.48. The maximum Gasteiger partial charge on any atom is 0.0467 e. The van der Waals surface area contributed by atoms with Gasteiger partial charge in [-0.15, -0.1) is 0 Å². The molecule has 0 aliphatic heterocycles. The molecule has 66 valence electrons. The Bertz CT molecular complexity index is 384. The Morgan fingerprint density at radius 3 is 2.38 bits per heavy atom. The summed E-state index contributed by atoms with van der Waals surface area (Å²) in [6.45, 7) is 2.05. The van der Waals surface area contributed by atoms with E-state index in [9.17, 15) is 0 Å². The van der Waals surface area contributed by atoms with Crippen molar-refractivity contribution in [3.05, 3.63) is 46.6 Å². The Morgan fingerprint density at radius 1 is 1.15 bits per heavy atom. The van der Waals surface area contributed by atoms with Gasteiger partial charge in [0.15, 0.2) is 0 Å². The summed E-state index contributed by atoms with van der Waals surface area (Å²) >= 11 is 3.48. The number of benzene rings is 1. The molecule has 0 atom stereocenters. The Labute approximate surface area is 85.9 Å². The van der Waals surface area contributed by atoms with Crippen LogP contribution in [0.5, 0.6) is 0 Å². The zero-order valence-electron chi connectivity index (χ0n) is 7.34. The first-order valence-corrected chi connectivity index (χ1v) is 4.97. The number of aromatic amines is 1. The molecule has 0 radical (unpaired) electrons. The van der Waals surface area contributed by atoms with Crippen LogP contribution in [0.4, 0.5) is 0 Å². The second kappa shape index (κ2) is 3.38. The molecule has 2 rings (SSSR count). The predicted octanol–water partition coefficient (Wildman–Crippen LogP) is 3.75. The van der Waals surface area contributed by atoms with Crippen molar-refractivity contribution in [3.63, 3.8) is 0 Å². The Kier molecular flexibility index (Phi) is 2.23. The lowest BCUT2D eigenvalue weighted by Crippen LogP contribution is -1.75. The van der Waals surface area contributed by atoms with E-state index < -0.39 is 0 Å². The summed E-state index contributed by atoms with van der Waals surface area (Å²) in [6.07, 6.45) is 0. The van der Waals surface area contributed by atoms with E-state index in [0.717, 1.165) is 10.2 Å². The molecule has 0 bridgehead atoms. The molecule has 0 saturated heterocycles. The third-order valence-electron chi connectivity index (χ3n) is 2.04. The average Bonchev–Trinajstić information content (AvgIpc) is 2.49. The van der Waals surface area contributed by atoms with Gasteiger partial charge in [-0.1, -0.05) is 30.3 Å². The van der Waals surface area contributed by atoms with Crippen molar-refractivity contribution < 1.29 is 0 Å². The zero-order valence-corrected chi connectivity index (χ0v) is 8.93. The highest BCUT2D eigenvalue weighted by Crippen LogP contribution is 2.24. The lowest BCUT2D eigenvalue weighted by Gasteiger charge is -1.95. The number of rotatable bonds is 1. The minimum atomic E-state index is 1.13. The molecule has 1 aromatic heterocycles. The van der Waals surface area contributed by atoms with Crippen LogP contribution in [0.1, 0.15) is 5.69 Å². The molecule has 1 heterocycles. The molecule has 0 aliphatic rings. The molecular formula is C11H10BrN. The fraction of sp³-hybridized carbons (Fsp3) is 0.0909. The highest BCUT2D eigenvalue weighted by molar-refractivity contribution is 9.10. The topological polar surface area (TPSA) is 15.8 Å². The van der Waals surface area contributed by atoms with Crippen molar-refractivity contribution in [1.82, 2.24) is 4.98 Å². The van der Waals surface area contributed by atoms with E-state index in [0.29, 0.717) is 0 Å². The Balaban J connectivity index is 2.48. The lowest BCUT2D eigenvalue weighted by molar-refractivity contribution is 1.26. The number of H-pyrrole nitrogens is 1. The van der Waals surface area contributed by atoms with Crippen LogP contribution in [-0.2, 0) is 0 Å². The summed E-state index contributed by atoms with van der Waals surface area (Å²) in [4.78, 5) is 3.31. The van der Waals surface area contributed by atoms with Gasteiger partial charge in [0.05, 0.1) is 0 Å². The normalized spacial score (nSPS) is 10.3. The second-order valence-corrected chi connectivity index (χ2v) is 3.88. The van der Waals surface area contributed by atoms with Crippen LogP contribution < -0.4 is 0 Å². The quantitative estimate of drug-likeness (QED) is 0.776. The fourth-order valence-electron chi connectivity index (χ4n) is 1.31. The molecule has 2 heteroatoms. The van der Waals surface area contributed by atoms with Gasteiger partial charge in [0.1, 0.15) is 0 Å². The van der Waals surface area contributed by atoms with Crippen molar-refractivity contribution in [1.29, 1.82) is 0 Å². The Hall–Kier alpha value is -1.02. The van der Waals surface area contributed by atoms with Crippen LogP contribution >= 0.6 is 15.9 Å². The second-order valence-electron chi connectivity index (χ2n) is 3.02. The maximum atomic E-state index is 3.48. The number of aromatic nitrogens is 1. The van der Waals surface area contributed by atoms with Crippen LogP contribution in [0.3, 0.4) is 0 Å². The SMILES string of the molecule is Cc1[nH]c(-c2ccccc2)cc1Br. The number of hydrogen-bond donors (Lipinski definition) is 1. The van der Waals surface area contributed by atoms with Gasteiger partial charge in [-0.3, -0.25) is 0 Å². The average molecular weight is 236 g/mol. The molecule has 0 spiro atoms. The number of aryl methyl sites for hydroxylation is 1. The summed E-state index contributed by atoms with van der Waals surface area (Å²) < 4.78 is 1.13. The van der Waals surface area contributed by atoms with Crippen molar-refractivity contribution in [2.75, 3.05) is 0 Å². The third-order valence-corrected chi connectivity index (χ3v) is 2.86. The van der Waals surface area contributed by atoms with E-state index in [-0.39, 0.29) is 0 Å². The molecule has 2 aromatic rings. The van der Waals surface area contributed by atoms with E-state index in [4.69, 9.17) is 0 Å². The van der Waals surface area contributed by atoms with Gasteiger partial charge in [0.2, 0.25) is 0 Å². The molecule has 1 N–H and O–H groups in total. The molecule has 13 heavy (non-hydrogen) atoms. The first-order chi connectivity index (χ1) is 6.27. The number of hydrogen-bond acceptors (Lipinski definition) is 0. The zero-order chi connectivity index (χ0) is 9.26.